The van der Waals surface area contributed by atoms with Gasteiger partial charge in [-0.15, -0.1) is 0 Å². The first kappa shape index (κ1) is 13.2. The lowest BCUT2D eigenvalue weighted by atomic mass is 10.0. The van der Waals surface area contributed by atoms with Gasteiger partial charge in [0.05, 0.1) is 5.56 Å². The lowest BCUT2D eigenvalue weighted by Crippen LogP contribution is -2.36. The molecule has 5 heteroatoms. The lowest BCUT2D eigenvalue weighted by molar-refractivity contribution is 0.0732. The summed E-state index contributed by atoms with van der Waals surface area (Å²) in [4.78, 5) is 18.5. The highest BCUT2D eigenvalue weighted by atomic mass is 79.9. The molecule has 2 heterocycles. The summed E-state index contributed by atoms with van der Waals surface area (Å²) in [6.07, 6.45) is 2.49. The van der Waals surface area contributed by atoms with Crippen LogP contribution < -0.4 is 0 Å². The number of fused-ring (bicyclic) bond motifs is 1. The smallest absolute Gasteiger partial charge is 0.255 e. The van der Waals surface area contributed by atoms with Crippen molar-refractivity contribution in [1.82, 2.24) is 9.88 Å². The molecule has 0 bridgehead atoms. The van der Waals surface area contributed by atoms with Crippen molar-refractivity contribution in [2.24, 2.45) is 0 Å². The monoisotopic (exact) mass is 334 g/mol. The number of carbonyl (C=O) groups excluding carboxylic acids is 1. The zero-order valence-corrected chi connectivity index (χ0v) is 12.2. The van der Waals surface area contributed by atoms with Gasteiger partial charge in [-0.1, -0.05) is 6.07 Å². The number of benzene rings is 1. The Morgan fingerprint density at radius 1 is 1.35 bits per heavy atom. The second-order valence-electron chi connectivity index (χ2n) is 4.71. The third-order valence-electron chi connectivity index (χ3n) is 3.41. The zero-order valence-electron chi connectivity index (χ0n) is 10.6. The van der Waals surface area contributed by atoms with Gasteiger partial charge in [-0.3, -0.25) is 9.78 Å². The van der Waals surface area contributed by atoms with Gasteiger partial charge in [0.1, 0.15) is 5.82 Å². The van der Waals surface area contributed by atoms with Crippen LogP contribution in [0.15, 0.2) is 41.0 Å². The van der Waals surface area contributed by atoms with Gasteiger partial charge in [0.15, 0.2) is 0 Å². The third-order valence-corrected chi connectivity index (χ3v) is 4.10. The maximum Gasteiger partial charge on any atom is 0.255 e. The Morgan fingerprint density at radius 2 is 2.20 bits per heavy atom. The van der Waals surface area contributed by atoms with Gasteiger partial charge < -0.3 is 4.90 Å². The van der Waals surface area contributed by atoms with Gasteiger partial charge in [-0.2, -0.15) is 0 Å². The summed E-state index contributed by atoms with van der Waals surface area (Å²) in [7, 11) is 0. The fourth-order valence-corrected chi connectivity index (χ4v) is 2.79. The second kappa shape index (κ2) is 5.32. The summed E-state index contributed by atoms with van der Waals surface area (Å²) in [6.45, 7) is 1.12. The quantitative estimate of drug-likeness (QED) is 0.802. The number of amides is 1. The molecular formula is C15H12BrFN2O. The normalized spacial score (nSPS) is 14.0. The molecule has 1 aromatic heterocycles. The minimum Gasteiger partial charge on any atom is -0.334 e. The van der Waals surface area contributed by atoms with Crippen LogP contribution in [-0.2, 0) is 13.0 Å². The van der Waals surface area contributed by atoms with E-state index in [1.807, 2.05) is 12.1 Å². The zero-order chi connectivity index (χ0) is 14.1. The van der Waals surface area contributed by atoms with E-state index in [2.05, 4.69) is 20.9 Å². The summed E-state index contributed by atoms with van der Waals surface area (Å²) in [5, 5.41) is 0. The fourth-order valence-electron chi connectivity index (χ4n) is 2.37. The van der Waals surface area contributed by atoms with Crippen LogP contribution in [0.2, 0.25) is 0 Å². The number of hydrogen-bond acceptors (Lipinski definition) is 2. The minimum absolute atomic E-state index is 0.161. The number of nitrogens with zero attached hydrogens (tertiary/aromatic N) is 2. The molecule has 0 aliphatic carbocycles. The molecule has 3 rings (SSSR count). The van der Waals surface area contributed by atoms with Gasteiger partial charge in [0.2, 0.25) is 0 Å². The van der Waals surface area contributed by atoms with Crippen molar-refractivity contribution in [2.45, 2.75) is 13.0 Å². The molecule has 0 saturated heterocycles. The summed E-state index contributed by atoms with van der Waals surface area (Å²) in [6, 6.07) is 8.00. The Balaban J connectivity index is 1.88. The summed E-state index contributed by atoms with van der Waals surface area (Å²) >= 11 is 3.30. The maximum atomic E-state index is 13.3. The molecule has 1 aliphatic heterocycles. The van der Waals surface area contributed by atoms with Gasteiger partial charge in [-0.05, 0) is 45.8 Å². The van der Waals surface area contributed by atoms with E-state index in [4.69, 9.17) is 0 Å². The first-order valence-corrected chi connectivity index (χ1v) is 7.11. The Labute approximate surface area is 124 Å². The molecule has 1 aliphatic rings. The number of halogens is 2. The molecular weight excluding hydrogens is 323 g/mol. The van der Waals surface area contributed by atoms with Gasteiger partial charge in [0, 0.05) is 35.9 Å². The summed E-state index contributed by atoms with van der Waals surface area (Å²) in [5.74, 6) is -0.568. The molecule has 0 radical (unpaired) electrons. The van der Waals surface area contributed by atoms with Crippen LogP contribution in [0.1, 0.15) is 21.6 Å². The van der Waals surface area contributed by atoms with Crippen molar-refractivity contribution in [1.29, 1.82) is 0 Å². The summed E-state index contributed by atoms with van der Waals surface area (Å²) < 4.78 is 13.9. The van der Waals surface area contributed by atoms with Crippen molar-refractivity contribution in [3.8, 4) is 0 Å². The Bertz CT molecular complexity index is 675. The second-order valence-corrected chi connectivity index (χ2v) is 5.56. The van der Waals surface area contributed by atoms with E-state index in [0.717, 1.165) is 17.7 Å². The first-order chi connectivity index (χ1) is 9.65. The highest BCUT2D eigenvalue weighted by Crippen LogP contribution is 2.23. The maximum absolute atomic E-state index is 13.3. The lowest BCUT2D eigenvalue weighted by Gasteiger charge is -2.28. The van der Waals surface area contributed by atoms with E-state index in [9.17, 15) is 9.18 Å². The fraction of sp³-hybridized carbons (Fsp3) is 0.200. The van der Waals surface area contributed by atoms with Crippen LogP contribution in [0.4, 0.5) is 4.39 Å². The third kappa shape index (κ3) is 2.45. The topological polar surface area (TPSA) is 33.2 Å². The predicted octanol–water partition coefficient (Wildman–Crippen LogP) is 3.18. The molecule has 1 aromatic carbocycles. The molecule has 3 nitrogen and oxygen atoms in total. The van der Waals surface area contributed by atoms with E-state index < -0.39 is 5.82 Å². The van der Waals surface area contributed by atoms with E-state index in [-0.39, 0.29) is 5.91 Å². The number of carbonyl (C=O) groups is 1. The largest absolute Gasteiger partial charge is 0.334 e. The van der Waals surface area contributed by atoms with Crippen LogP contribution in [0.5, 0.6) is 0 Å². The van der Waals surface area contributed by atoms with Crippen LogP contribution in [-0.4, -0.2) is 22.3 Å². The highest BCUT2D eigenvalue weighted by Gasteiger charge is 2.23. The molecule has 0 fully saturated rings. The van der Waals surface area contributed by atoms with Crippen LogP contribution in [0, 0.1) is 5.82 Å². The minimum atomic E-state index is -0.407. The first-order valence-electron chi connectivity index (χ1n) is 6.32. The average molecular weight is 335 g/mol. The Hall–Kier alpha value is -1.75. The van der Waals surface area contributed by atoms with Crippen molar-refractivity contribution in [3.05, 3.63) is 63.6 Å². The van der Waals surface area contributed by atoms with Crippen LogP contribution >= 0.6 is 15.9 Å². The standard InChI is InChI=1S/C15H12BrFN2O/c16-13-4-3-11(17)8-12(13)15(20)19-7-5-14-10(9-19)2-1-6-18-14/h1-4,6,8H,5,7,9H2. The Kier molecular flexibility index (Phi) is 3.53. The number of rotatable bonds is 1. The summed E-state index contributed by atoms with van der Waals surface area (Å²) in [5.41, 5.74) is 2.45. The number of hydrogen-bond donors (Lipinski definition) is 0. The molecule has 0 unspecified atom stereocenters. The molecule has 0 N–H and O–H groups in total. The van der Waals surface area contributed by atoms with E-state index >= 15 is 0 Å². The average Bonchev–Trinajstić information content (AvgIpc) is 2.48. The molecule has 102 valence electrons. The SMILES string of the molecule is O=C(c1cc(F)ccc1Br)N1CCc2ncccc2C1. The molecule has 20 heavy (non-hydrogen) atoms. The predicted molar refractivity (Wildman–Crippen MR) is 76.8 cm³/mol. The molecule has 0 atom stereocenters. The van der Waals surface area contributed by atoms with Crippen LogP contribution in [0.25, 0.3) is 0 Å². The van der Waals surface area contributed by atoms with Gasteiger partial charge >= 0.3 is 0 Å². The van der Waals surface area contributed by atoms with E-state index in [0.29, 0.717) is 23.1 Å². The highest BCUT2D eigenvalue weighted by molar-refractivity contribution is 9.10. The molecule has 0 saturated carbocycles. The van der Waals surface area contributed by atoms with E-state index in [1.165, 1.54) is 12.1 Å². The molecule has 0 spiro atoms. The van der Waals surface area contributed by atoms with Gasteiger partial charge in [0.25, 0.3) is 5.91 Å². The number of pyridine rings is 1. The van der Waals surface area contributed by atoms with Crippen LogP contribution in [0.3, 0.4) is 0 Å². The van der Waals surface area contributed by atoms with E-state index in [1.54, 1.807) is 17.2 Å². The molecule has 2 aromatic rings. The Morgan fingerprint density at radius 3 is 3.05 bits per heavy atom. The van der Waals surface area contributed by atoms with Gasteiger partial charge in [-0.25, -0.2) is 4.39 Å². The van der Waals surface area contributed by atoms with Crippen molar-refractivity contribution in [2.75, 3.05) is 6.54 Å². The van der Waals surface area contributed by atoms with Crippen molar-refractivity contribution < 1.29 is 9.18 Å². The van der Waals surface area contributed by atoms with Crippen molar-refractivity contribution in [3.63, 3.8) is 0 Å². The van der Waals surface area contributed by atoms with Crippen molar-refractivity contribution >= 4 is 21.8 Å². The number of aromatic nitrogens is 1. The molecule has 1 amide bonds.